The highest BCUT2D eigenvalue weighted by Crippen LogP contribution is 2.24. The van der Waals surface area contributed by atoms with Crippen LogP contribution in [0.15, 0.2) is 18.2 Å². The highest BCUT2D eigenvalue weighted by molar-refractivity contribution is 6.31. The quantitative estimate of drug-likeness (QED) is 0.675. The fourth-order valence-corrected chi connectivity index (χ4v) is 2.39. The van der Waals surface area contributed by atoms with Crippen LogP contribution in [0.2, 0.25) is 5.02 Å². The summed E-state index contributed by atoms with van der Waals surface area (Å²) < 4.78 is 0. The molecule has 2 rings (SSSR count). The van der Waals surface area contributed by atoms with Gasteiger partial charge in [0.1, 0.15) is 0 Å². The molecule has 98 valence electrons. The number of nitro benzene ring substituents is 1. The van der Waals surface area contributed by atoms with E-state index in [2.05, 4.69) is 4.90 Å². The topological polar surface area (TPSA) is 66.6 Å². The maximum atomic E-state index is 10.7. The molecule has 1 aliphatic rings. The van der Waals surface area contributed by atoms with Crippen LogP contribution in [0, 0.1) is 10.1 Å². The van der Waals surface area contributed by atoms with E-state index < -0.39 is 4.92 Å². The number of aliphatic hydroxyl groups is 1. The molecule has 1 N–H and O–H groups in total. The van der Waals surface area contributed by atoms with Gasteiger partial charge in [0.15, 0.2) is 0 Å². The maximum Gasteiger partial charge on any atom is 0.269 e. The fourth-order valence-electron chi connectivity index (χ4n) is 2.21. The predicted molar refractivity (Wildman–Crippen MR) is 68.6 cm³/mol. The molecule has 1 fully saturated rings. The highest BCUT2D eigenvalue weighted by atomic mass is 35.5. The number of piperidine rings is 1. The number of benzene rings is 1. The summed E-state index contributed by atoms with van der Waals surface area (Å²) in [5.41, 5.74) is 0.784. The molecule has 0 aliphatic carbocycles. The van der Waals surface area contributed by atoms with E-state index in [1.54, 1.807) is 6.07 Å². The van der Waals surface area contributed by atoms with Gasteiger partial charge < -0.3 is 5.11 Å². The van der Waals surface area contributed by atoms with E-state index in [0.29, 0.717) is 18.1 Å². The van der Waals surface area contributed by atoms with Crippen molar-refractivity contribution in [2.75, 3.05) is 13.1 Å². The zero-order chi connectivity index (χ0) is 13.1. The van der Waals surface area contributed by atoms with Gasteiger partial charge in [-0.3, -0.25) is 15.0 Å². The molecule has 0 unspecified atom stereocenters. The summed E-state index contributed by atoms with van der Waals surface area (Å²) in [6.45, 7) is 2.02. The number of rotatable bonds is 3. The second-order valence-corrected chi connectivity index (χ2v) is 4.97. The second-order valence-electron chi connectivity index (χ2n) is 4.56. The monoisotopic (exact) mass is 270 g/mol. The molecule has 1 heterocycles. The van der Waals surface area contributed by atoms with E-state index in [4.69, 9.17) is 11.6 Å². The van der Waals surface area contributed by atoms with Crippen molar-refractivity contribution in [2.24, 2.45) is 0 Å². The number of hydrogen-bond acceptors (Lipinski definition) is 4. The normalized spacial score (nSPS) is 20.9. The third-order valence-corrected chi connectivity index (χ3v) is 3.48. The Labute approximate surface area is 110 Å². The van der Waals surface area contributed by atoms with Gasteiger partial charge in [-0.05, 0) is 31.0 Å². The Morgan fingerprint density at radius 3 is 3.00 bits per heavy atom. The van der Waals surface area contributed by atoms with Gasteiger partial charge in [-0.15, -0.1) is 0 Å². The second kappa shape index (κ2) is 5.65. The smallest absolute Gasteiger partial charge is 0.269 e. The number of hydrogen-bond donors (Lipinski definition) is 1. The van der Waals surface area contributed by atoms with Crippen LogP contribution in [-0.2, 0) is 6.54 Å². The molecular weight excluding hydrogens is 256 g/mol. The minimum atomic E-state index is -0.426. The number of halogens is 1. The van der Waals surface area contributed by atoms with Crippen molar-refractivity contribution in [2.45, 2.75) is 25.5 Å². The Hall–Kier alpha value is -1.17. The first-order valence-corrected chi connectivity index (χ1v) is 6.27. The first-order valence-electron chi connectivity index (χ1n) is 5.89. The van der Waals surface area contributed by atoms with Crippen LogP contribution in [-0.4, -0.2) is 34.1 Å². The van der Waals surface area contributed by atoms with Crippen LogP contribution in [0.25, 0.3) is 0 Å². The van der Waals surface area contributed by atoms with Gasteiger partial charge in [-0.2, -0.15) is 0 Å². The van der Waals surface area contributed by atoms with E-state index in [9.17, 15) is 15.2 Å². The maximum absolute atomic E-state index is 10.7. The average molecular weight is 271 g/mol. The van der Waals surface area contributed by atoms with Crippen molar-refractivity contribution in [3.8, 4) is 0 Å². The number of β-amino-alcohol motifs (C(OH)–C–C–N with tert-alkyl or cyclic N) is 1. The van der Waals surface area contributed by atoms with Crippen LogP contribution in [0.3, 0.4) is 0 Å². The van der Waals surface area contributed by atoms with E-state index in [0.717, 1.165) is 24.9 Å². The number of likely N-dealkylation sites (tertiary alicyclic amines) is 1. The van der Waals surface area contributed by atoms with Gasteiger partial charge in [0.2, 0.25) is 0 Å². The minimum absolute atomic E-state index is 0.0481. The molecule has 6 heteroatoms. The summed E-state index contributed by atoms with van der Waals surface area (Å²) in [6.07, 6.45) is 1.45. The van der Waals surface area contributed by atoms with E-state index in [1.807, 2.05) is 0 Å². The molecule has 1 aliphatic heterocycles. The van der Waals surface area contributed by atoms with Crippen LogP contribution >= 0.6 is 11.6 Å². The molecule has 0 spiro atoms. The van der Waals surface area contributed by atoms with Gasteiger partial charge in [0.05, 0.1) is 11.0 Å². The molecule has 0 amide bonds. The van der Waals surface area contributed by atoms with Crippen molar-refractivity contribution in [1.29, 1.82) is 0 Å². The molecular formula is C12H15ClN2O3. The van der Waals surface area contributed by atoms with E-state index in [-0.39, 0.29) is 11.8 Å². The Bertz CT molecular complexity index is 453. The fraction of sp³-hybridized carbons (Fsp3) is 0.500. The molecule has 0 saturated carbocycles. The lowest BCUT2D eigenvalue weighted by Crippen LogP contribution is -2.37. The molecule has 18 heavy (non-hydrogen) atoms. The number of aliphatic hydroxyl groups excluding tert-OH is 1. The first kappa shape index (κ1) is 13.3. The SMILES string of the molecule is O=[N+]([O-])c1ccc(Cl)c(CN2CCC[C@H](O)C2)c1. The van der Waals surface area contributed by atoms with Crippen molar-refractivity contribution in [3.05, 3.63) is 38.9 Å². The Balaban J connectivity index is 2.12. The summed E-state index contributed by atoms with van der Waals surface area (Å²) >= 11 is 6.04. The molecule has 0 radical (unpaired) electrons. The predicted octanol–water partition coefficient (Wildman–Crippen LogP) is 2.20. The van der Waals surface area contributed by atoms with Crippen LogP contribution in [0.5, 0.6) is 0 Å². The van der Waals surface area contributed by atoms with Crippen LogP contribution in [0.1, 0.15) is 18.4 Å². The standard InChI is InChI=1S/C12H15ClN2O3/c13-12-4-3-10(15(17)18)6-9(12)7-14-5-1-2-11(16)8-14/h3-4,6,11,16H,1-2,5,7-8H2/t11-/m0/s1. The highest BCUT2D eigenvalue weighted by Gasteiger charge is 2.19. The zero-order valence-electron chi connectivity index (χ0n) is 9.88. The lowest BCUT2D eigenvalue weighted by Gasteiger charge is -2.30. The van der Waals surface area contributed by atoms with Crippen molar-refractivity contribution >= 4 is 17.3 Å². The number of nitrogens with zero attached hydrogens (tertiary/aromatic N) is 2. The van der Waals surface area contributed by atoms with Crippen LogP contribution < -0.4 is 0 Å². The molecule has 0 bridgehead atoms. The van der Waals surface area contributed by atoms with E-state index in [1.165, 1.54) is 12.1 Å². The largest absolute Gasteiger partial charge is 0.392 e. The third kappa shape index (κ3) is 3.19. The molecule has 1 aromatic carbocycles. The summed E-state index contributed by atoms with van der Waals surface area (Å²) in [6, 6.07) is 4.45. The lowest BCUT2D eigenvalue weighted by molar-refractivity contribution is -0.384. The number of nitro groups is 1. The molecule has 1 saturated heterocycles. The van der Waals surface area contributed by atoms with Gasteiger partial charge in [0, 0.05) is 30.2 Å². The van der Waals surface area contributed by atoms with Crippen LogP contribution in [0.4, 0.5) is 5.69 Å². The van der Waals surface area contributed by atoms with Gasteiger partial charge in [0.25, 0.3) is 5.69 Å². The first-order chi connectivity index (χ1) is 8.56. The zero-order valence-corrected chi connectivity index (χ0v) is 10.6. The van der Waals surface area contributed by atoms with Gasteiger partial charge in [-0.1, -0.05) is 11.6 Å². The molecule has 1 aromatic rings. The average Bonchev–Trinajstić information content (AvgIpc) is 2.31. The Morgan fingerprint density at radius 1 is 1.56 bits per heavy atom. The van der Waals surface area contributed by atoms with Gasteiger partial charge >= 0.3 is 0 Å². The third-order valence-electron chi connectivity index (χ3n) is 3.11. The lowest BCUT2D eigenvalue weighted by atomic mass is 10.1. The number of non-ortho nitro benzene ring substituents is 1. The molecule has 1 atom stereocenters. The summed E-state index contributed by atoms with van der Waals surface area (Å²) in [7, 11) is 0. The van der Waals surface area contributed by atoms with E-state index >= 15 is 0 Å². The molecule has 0 aromatic heterocycles. The minimum Gasteiger partial charge on any atom is -0.392 e. The Kier molecular flexibility index (Phi) is 4.16. The van der Waals surface area contributed by atoms with Crippen molar-refractivity contribution < 1.29 is 10.0 Å². The van der Waals surface area contributed by atoms with Crippen molar-refractivity contribution in [3.63, 3.8) is 0 Å². The summed E-state index contributed by atoms with van der Waals surface area (Å²) in [4.78, 5) is 12.4. The Morgan fingerprint density at radius 2 is 2.33 bits per heavy atom. The molecule has 5 nitrogen and oxygen atoms in total. The van der Waals surface area contributed by atoms with Gasteiger partial charge in [-0.25, -0.2) is 0 Å². The summed E-state index contributed by atoms with van der Waals surface area (Å²) in [5.74, 6) is 0. The summed E-state index contributed by atoms with van der Waals surface area (Å²) in [5, 5.41) is 20.8. The van der Waals surface area contributed by atoms with Crippen molar-refractivity contribution in [1.82, 2.24) is 4.90 Å².